The fourth-order valence-electron chi connectivity index (χ4n) is 4.15. The summed E-state index contributed by atoms with van der Waals surface area (Å²) in [4.78, 5) is 15.9. The predicted octanol–water partition coefficient (Wildman–Crippen LogP) is 7.41. The van der Waals surface area contributed by atoms with Crippen LogP contribution in [0.1, 0.15) is 21.5 Å². The first-order valence-electron chi connectivity index (χ1n) is 10.7. The minimum absolute atomic E-state index is 0.0450. The van der Waals surface area contributed by atoms with Crippen molar-refractivity contribution in [3.63, 3.8) is 0 Å². The largest absolute Gasteiger partial charge is 0.330 e. The summed E-state index contributed by atoms with van der Waals surface area (Å²) in [6, 6.07) is 34.9. The van der Waals surface area contributed by atoms with Gasteiger partial charge in [-0.1, -0.05) is 91.0 Å². The Labute approximate surface area is 192 Å². The average molecular weight is 434 g/mol. The van der Waals surface area contributed by atoms with Crippen LogP contribution in [-0.2, 0) is 13.1 Å². The molecule has 0 saturated heterocycles. The number of carbonyl (C=O) groups is 1. The molecule has 0 N–H and O–H groups in total. The maximum absolute atomic E-state index is 13.9. The summed E-state index contributed by atoms with van der Waals surface area (Å²) < 4.78 is 0. The van der Waals surface area contributed by atoms with E-state index in [1.54, 1.807) is 11.3 Å². The Balaban J connectivity index is 1.56. The van der Waals surface area contributed by atoms with E-state index < -0.39 is 0 Å². The quantitative estimate of drug-likeness (QED) is 0.273. The number of benzene rings is 4. The number of hydrogen-bond donors (Lipinski definition) is 0. The van der Waals surface area contributed by atoms with Crippen LogP contribution in [-0.4, -0.2) is 10.8 Å². The van der Waals surface area contributed by atoms with Crippen molar-refractivity contribution in [3.8, 4) is 11.1 Å². The molecule has 5 aromatic rings. The average Bonchev–Trinajstić information content (AvgIpc) is 3.39. The van der Waals surface area contributed by atoms with Crippen LogP contribution in [0.15, 0.2) is 114 Å². The fraction of sp³-hybridized carbons (Fsp3) is 0.0690. The van der Waals surface area contributed by atoms with Gasteiger partial charge in [0.1, 0.15) is 0 Å². The third-order valence-electron chi connectivity index (χ3n) is 5.73. The number of rotatable bonds is 6. The molecule has 1 amide bonds. The Morgan fingerprint density at radius 1 is 0.719 bits per heavy atom. The zero-order valence-corrected chi connectivity index (χ0v) is 18.5. The molecule has 1 aromatic heterocycles. The molecule has 3 heteroatoms. The van der Waals surface area contributed by atoms with Gasteiger partial charge in [0.2, 0.25) is 0 Å². The van der Waals surface area contributed by atoms with Gasteiger partial charge in [-0.05, 0) is 55.9 Å². The molecule has 0 aliphatic carbocycles. The topological polar surface area (TPSA) is 20.3 Å². The van der Waals surface area contributed by atoms with Crippen LogP contribution >= 0.6 is 11.3 Å². The summed E-state index contributed by atoms with van der Waals surface area (Å²) in [5.74, 6) is 0.0450. The molecule has 156 valence electrons. The van der Waals surface area contributed by atoms with Gasteiger partial charge in [-0.15, -0.1) is 0 Å². The standard InChI is InChI=1S/C29H23NOS/c31-29(28-16-7-6-15-27(28)25-17-18-32-21-25)30(19-22-9-2-1-3-10-22)20-24-13-8-12-23-11-4-5-14-26(23)24/h1-18,21H,19-20H2. The highest BCUT2D eigenvalue weighted by molar-refractivity contribution is 7.08. The van der Waals surface area contributed by atoms with Gasteiger partial charge >= 0.3 is 0 Å². The number of hydrogen-bond acceptors (Lipinski definition) is 2. The molecular weight excluding hydrogens is 410 g/mol. The van der Waals surface area contributed by atoms with Crippen molar-refractivity contribution < 1.29 is 4.79 Å². The van der Waals surface area contributed by atoms with Gasteiger partial charge in [-0.3, -0.25) is 4.79 Å². The Kier molecular flexibility index (Phi) is 5.82. The second-order valence-electron chi connectivity index (χ2n) is 7.84. The van der Waals surface area contributed by atoms with Crippen LogP contribution in [0.4, 0.5) is 0 Å². The van der Waals surface area contributed by atoms with Crippen molar-refractivity contribution in [2.75, 3.05) is 0 Å². The molecule has 0 saturated carbocycles. The second-order valence-corrected chi connectivity index (χ2v) is 8.62. The molecule has 0 aliphatic heterocycles. The van der Waals surface area contributed by atoms with E-state index in [1.807, 2.05) is 47.4 Å². The lowest BCUT2D eigenvalue weighted by atomic mass is 10.00. The lowest BCUT2D eigenvalue weighted by Crippen LogP contribution is -2.30. The molecule has 0 radical (unpaired) electrons. The van der Waals surface area contributed by atoms with Crippen molar-refractivity contribution in [2.45, 2.75) is 13.1 Å². The van der Waals surface area contributed by atoms with Crippen LogP contribution in [0.3, 0.4) is 0 Å². The van der Waals surface area contributed by atoms with Crippen molar-refractivity contribution in [3.05, 3.63) is 131 Å². The molecule has 32 heavy (non-hydrogen) atoms. The van der Waals surface area contributed by atoms with Crippen molar-refractivity contribution in [1.29, 1.82) is 0 Å². The molecule has 0 bridgehead atoms. The zero-order valence-electron chi connectivity index (χ0n) is 17.6. The lowest BCUT2D eigenvalue weighted by Gasteiger charge is -2.25. The van der Waals surface area contributed by atoms with Crippen molar-refractivity contribution in [2.24, 2.45) is 0 Å². The van der Waals surface area contributed by atoms with Gasteiger partial charge in [-0.2, -0.15) is 11.3 Å². The van der Waals surface area contributed by atoms with Crippen molar-refractivity contribution >= 4 is 28.0 Å². The number of nitrogens with zero attached hydrogens (tertiary/aromatic N) is 1. The van der Waals surface area contributed by atoms with Gasteiger partial charge in [0.15, 0.2) is 0 Å². The predicted molar refractivity (Wildman–Crippen MR) is 134 cm³/mol. The highest BCUT2D eigenvalue weighted by Crippen LogP contribution is 2.28. The normalized spacial score (nSPS) is 10.9. The molecule has 0 aliphatic rings. The maximum Gasteiger partial charge on any atom is 0.255 e. The number of thiophene rings is 1. The highest BCUT2D eigenvalue weighted by Gasteiger charge is 2.21. The minimum atomic E-state index is 0.0450. The molecular formula is C29H23NOS. The van der Waals surface area contributed by atoms with E-state index in [9.17, 15) is 4.79 Å². The number of fused-ring (bicyclic) bond motifs is 1. The van der Waals surface area contributed by atoms with Crippen LogP contribution in [0.2, 0.25) is 0 Å². The Morgan fingerprint density at radius 3 is 2.31 bits per heavy atom. The maximum atomic E-state index is 13.9. The SMILES string of the molecule is O=C(c1ccccc1-c1ccsc1)N(Cc1ccccc1)Cc1cccc2ccccc12. The van der Waals surface area contributed by atoms with Crippen LogP contribution in [0.25, 0.3) is 21.9 Å². The summed E-state index contributed by atoms with van der Waals surface area (Å²) in [5.41, 5.74) is 5.08. The third kappa shape index (κ3) is 4.20. The lowest BCUT2D eigenvalue weighted by molar-refractivity contribution is 0.0731. The van der Waals surface area contributed by atoms with Gasteiger partial charge in [-0.25, -0.2) is 0 Å². The molecule has 5 rings (SSSR count). The first kappa shape index (κ1) is 20.2. The second kappa shape index (κ2) is 9.21. The third-order valence-corrected chi connectivity index (χ3v) is 6.42. The summed E-state index contributed by atoms with van der Waals surface area (Å²) >= 11 is 1.64. The van der Waals surface area contributed by atoms with E-state index in [4.69, 9.17) is 0 Å². The first-order chi connectivity index (χ1) is 15.8. The number of amides is 1. The van der Waals surface area contributed by atoms with Gasteiger partial charge in [0.25, 0.3) is 5.91 Å². The van der Waals surface area contributed by atoms with Gasteiger partial charge in [0.05, 0.1) is 0 Å². The molecule has 1 heterocycles. The van der Waals surface area contributed by atoms with E-state index in [0.717, 1.165) is 27.8 Å². The Bertz CT molecular complexity index is 1340. The van der Waals surface area contributed by atoms with E-state index in [0.29, 0.717) is 13.1 Å². The van der Waals surface area contributed by atoms with E-state index in [-0.39, 0.29) is 5.91 Å². The molecule has 0 spiro atoms. The van der Waals surface area contributed by atoms with Gasteiger partial charge in [0, 0.05) is 18.7 Å². The molecule has 0 fully saturated rings. The first-order valence-corrected chi connectivity index (χ1v) is 11.7. The highest BCUT2D eigenvalue weighted by atomic mass is 32.1. The van der Waals surface area contributed by atoms with Crippen LogP contribution < -0.4 is 0 Å². The van der Waals surface area contributed by atoms with E-state index in [2.05, 4.69) is 71.4 Å². The minimum Gasteiger partial charge on any atom is -0.330 e. The number of carbonyl (C=O) groups excluding carboxylic acids is 1. The summed E-state index contributed by atoms with van der Waals surface area (Å²) in [7, 11) is 0. The molecule has 0 unspecified atom stereocenters. The van der Waals surface area contributed by atoms with Crippen LogP contribution in [0, 0.1) is 0 Å². The van der Waals surface area contributed by atoms with E-state index >= 15 is 0 Å². The summed E-state index contributed by atoms with van der Waals surface area (Å²) in [6.07, 6.45) is 0. The summed E-state index contributed by atoms with van der Waals surface area (Å²) in [5, 5.41) is 6.52. The Hall–Kier alpha value is -3.69. The summed E-state index contributed by atoms with van der Waals surface area (Å²) in [6.45, 7) is 1.11. The van der Waals surface area contributed by atoms with Gasteiger partial charge < -0.3 is 4.90 Å². The monoisotopic (exact) mass is 433 g/mol. The van der Waals surface area contributed by atoms with E-state index in [1.165, 1.54) is 10.8 Å². The molecule has 2 nitrogen and oxygen atoms in total. The zero-order chi connectivity index (χ0) is 21.8. The smallest absolute Gasteiger partial charge is 0.255 e. The molecule has 4 aromatic carbocycles. The Morgan fingerprint density at radius 2 is 1.47 bits per heavy atom. The van der Waals surface area contributed by atoms with Crippen molar-refractivity contribution in [1.82, 2.24) is 4.90 Å². The molecule has 0 atom stereocenters. The fourth-order valence-corrected chi connectivity index (χ4v) is 4.80. The van der Waals surface area contributed by atoms with Crippen LogP contribution in [0.5, 0.6) is 0 Å².